The fourth-order valence-electron chi connectivity index (χ4n) is 2.87. The van der Waals surface area contributed by atoms with Crippen LogP contribution in [-0.4, -0.2) is 32.4 Å². The van der Waals surface area contributed by atoms with Crippen molar-refractivity contribution in [2.45, 2.75) is 13.3 Å². The van der Waals surface area contributed by atoms with Gasteiger partial charge in [-0.25, -0.2) is 9.97 Å². The number of nitrogens with one attached hydrogen (secondary N) is 3. The minimum absolute atomic E-state index is 0.0922. The number of hydrogen-bond donors (Lipinski definition) is 3. The summed E-state index contributed by atoms with van der Waals surface area (Å²) in [5.41, 5.74) is 5.32. The molecule has 3 heterocycles. The summed E-state index contributed by atoms with van der Waals surface area (Å²) >= 11 is 0. The van der Waals surface area contributed by atoms with Crippen LogP contribution in [0.4, 0.5) is 0 Å². The Bertz CT molecular complexity index is 1040. The quantitative estimate of drug-likeness (QED) is 0.515. The van der Waals surface area contributed by atoms with Crippen LogP contribution in [0.25, 0.3) is 33.8 Å². The standard InChI is InChI=1S/C20H19N5O/c1-2-9-23-20(26)13-7-8-14-17(12-13)25-19(16-6-4-11-22-16)18(24-14)15-5-3-10-21-15/h3-8,10-12,21-22H,2,9H2,1H3,(H,23,26). The van der Waals surface area contributed by atoms with Gasteiger partial charge in [0.25, 0.3) is 5.91 Å². The summed E-state index contributed by atoms with van der Waals surface area (Å²) in [6.45, 7) is 2.68. The van der Waals surface area contributed by atoms with Gasteiger partial charge < -0.3 is 15.3 Å². The highest BCUT2D eigenvalue weighted by atomic mass is 16.1. The van der Waals surface area contributed by atoms with E-state index >= 15 is 0 Å². The molecule has 0 radical (unpaired) electrons. The molecule has 0 atom stereocenters. The number of amides is 1. The molecule has 0 bridgehead atoms. The molecule has 130 valence electrons. The Kier molecular flexibility index (Phi) is 4.23. The van der Waals surface area contributed by atoms with Gasteiger partial charge in [0, 0.05) is 24.5 Å². The topological polar surface area (TPSA) is 86.5 Å². The molecule has 0 spiro atoms. The van der Waals surface area contributed by atoms with Gasteiger partial charge in [-0.2, -0.15) is 0 Å². The van der Waals surface area contributed by atoms with Crippen molar-refractivity contribution in [2.24, 2.45) is 0 Å². The van der Waals surface area contributed by atoms with Gasteiger partial charge in [-0.1, -0.05) is 6.92 Å². The van der Waals surface area contributed by atoms with Crippen molar-refractivity contribution in [1.82, 2.24) is 25.3 Å². The lowest BCUT2D eigenvalue weighted by Gasteiger charge is -2.09. The Morgan fingerprint density at radius 2 is 1.62 bits per heavy atom. The summed E-state index contributed by atoms with van der Waals surface area (Å²) in [5, 5.41) is 2.89. The minimum atomic E-state index is -0.0922. The summed E-state index contributed by atoms with van der Waals surface area (Å²) in [6, 6.07) is 13.2. The molecule has 0 aliphatic rings. The van der Waals surface area contributed by atoms with E-state index in [0.717, 1.165) is 34.7 Å². The van der Waals surface area contributed by atoms with Crippen LogP contribution in [0.2, 0.25) is 0 Å². The average Bonchev–Trinajstić information content (AvgIpc) is 3.38. The average molecular weight is 345 g/mol. The predicted molar refractivity (Wildman–Crippen MR) is 102 cm³/mol. The number of hydrogen-bond acceptors (Lipinski definition) is 3. The summed E-state index contributed by atoms with van der Waals surface area (Å²) < 4.78 is 0. The van der Waals surface area contributed by atoms with Crippen molar-refractivity contribution in [3.05, 3.63) is 60.4 Å². The third-order valence-electron chi connectivity index (χ3n) is 4.17. The predicted octanol–water partition coefficient (Wildman–Crippen LogP) is 3.76. The van der Waals surface area contributed by atoms with Crippen LogP contribution in [0.3, 0.4) is 0 Å². The van der Waals surface area contributed by atoms with Crippen LogP contribution in [0.5, 0.6) is 0 Å². The van der Waals surface area contributed by atoms with Crippen LogP contribution in [-0.2, 0) is 0 Å². The summed E-state index contributed by atoms with van der Waals surface area (Å²) in [6.07, 6.45) is 4.62. The van der Waals surface area contributed by atoms with Crippen molar-refractivity contribution in [3.63, 3.8) is 0 Å². The highest BCUT2D eigenvalue weighted by molar-refractivity contribution is 5.98. The summed E-state index contributed by atoms with van der Waals surface area (Å²) in [4.78, 5) is 28.2. The van der Waals surface area contributed by atoms with Gasteiger partial charge in [0.2, 0.25) is 0 Å². The maximum absolute atomic E-state index is 12.2. The number of nitrogens with zero attached hydrogens (tertiary/aromatic N) is 2. The first kappa shape index (κ1) is 16.1. The van der Waals surface area contributed by atoms with E-state index in [0.29, 0.717) is 17.6 Å². The number of carbonyl (C=O) groups excluding carboxylic acids is 1. The monoisotopic (exact) mass is 345 g/mol. The van der Waals surface area contributed by atoms with Crippen LogP contribution < -0.4 is 5.32 Å². The van der Waals surface area contributed by atoms with Gasteiger partial charge in [-0.05, 0) is 48.9 Å². The van der Waals surface area contributed by atoms with E-state index in [1.165, 1.54) is 0 Å². The largest absolute Gasteiger partial charge is 0.360 e. The second-order valence-corrected chi connectivity index (χ2v) is 6.05. The van der Waals surface area contributed by atoms with Crippen LogP contribution in [0.1, 0.15) is 23.7 Å². The van der Waals surface area contributed by atoms with Crippen molar-refractivity contribution in [2.75, 3.05) is 6.54 Å². The lowest BCUT2D eigenvalue weighted by Crippen LogP contribution is -2.23. The first-order valence-corrected chi connectivity index (χ1v) is 8.64. The third kappa shape index (κ3) is 2.97. The Balaban J connectivity index is 1.85. The number of carbonyl (C=O) groups is 1. The fraction of sp³-hybridized carbons (Fsp3) is 0.150. The second-order valence-electron chi connectivity index (χ2n) is 6.05. The van der Waals surface area contributed by atoms with E-state index in [1.807, 2.05) is 49.6 Å². The van der Waals surface area contributed by atoms with Crippen LogP contribution in [0, 0.1) is 0 Å². The van der Waals surface area contributed by atoms with E-state index in [-0.39, 0.29) is 5.91 Å². The van der Waals surface area contributed by atoms with E-state index in [2.05, 4.69) is 15.3 Å². The van der Waals surface area contributed by atoms with E-state index in [1.54, 1.807) is 12.1 Å². The Labute approximate surface area is 150 Å². The molecule has 6 heteroatoms. The molecule has 4 rings (SSSR count). The van der Waals surface area contributed by atoms with Crippen LogP contribution in [0.15, 0.2) is 54.9 Å². The first-order chi connectivity index (χ1) is 12.8. The molecule has 0 unspecified atom stereocenters. The number of rotatable bonds is 5. The lowest BCUT2D eigenvalue weighted by atomic mass is 10.1. The molecule has 3 N–H and O–H groups in total. The molecule has 1 amide bonds. The zero-order chi connectivity index (χ0) is 17.9. The fourth-order valence-corrected chi connectivity index (χ4v) is 2.87. The SMILES string of the molecule is CCCNC(=O)c1ccc2nc(-c3ccc[nH]3)c(-c3ccc[nH]3)nc2c1. The molecular weight excluding hydrogens is 326 g/mol. The van der Waals surface area contributed by atoms with Gasteiger partial charge >= 0.3 is 0 Å². The maximum atomic E-state index is 12.2. The third-order valence-corrected chi connectivity index (χ3v) is 4.17. The number of aromatic nitrogens is 4. The summed E-state index contributed by atoms with van der Waals surface area (Å²) in [5.74, 6) is -0.0922. The van der Waals surface area contributed by atoms with E-state index in [4.69, 9.17) is 9.97 Å². The van der Waals surface area contributed by atoms with Gasteiger partial charge in [0.05, 0.1) is 22.4 Å². The Hall–Kier alpha value is -3.41. The zero-order valence-electron chi connectivity index (χ0n) is 14.4. The number of aromatic amines is 2. The first-order valence-electron chi connectivity index (χ1n) is 8.64. The van der Waals surface area contributed by atoms with E-state index in [9.17, 15) is 4.79 Å². The number of H-pyrrole nitrogens is 2. The van der Waals surface area contributed by atoms with Gasteiger partial charge in [0.15, 0.2) is 0 Å². The lowest BCUT2D eigenvalue weighted by molar-refractivity contribution is 0.0954. The van der Waals surface area contributed by atoms with Crippen molar-refractivity contribution >= 4 is 16.9 Å². The Morgan fingerprint density at radius 1 is 0.962 bits per heavy atom. The normalized spacial score (nSPS) is 11.0. The summed E-state index contributed by atoms with van der Waals surface area (Å²) in [7, 11) is 0. The zero-order valence-corrected chi connectivity index (χ0v) is 14.4. The maximum Gasteiger partial charge on any atom is 0.251 e. The highest BCUT2D eigenvalue weighted by Crippen LogP contribution is 2.29. The molecule has 0 aliphatic carbocycles. The number of fused-ring (bicyclic) bond motifs is 1. The molecule has 4 aromatic rings. The van der Waals surface area contributed by atoms with E-state index < -0.39 is 0 Å². The molecule has 0 saturated heterocycles. The smallest absolute Gasteiger partial charge is 0.251 e. The van der Waals surface area contributed by atoms with Gasteiger partial charge in [0.1, 0.15) is 11.4 Å². The molecule has 6 nitrogen and oxygen atoms in total. The van der Waals surface area contributed by atoms with Crippen molar-refractivity contribution < 1.29 is 4.79 Å². The molecule has 0 saturated carbocycles. The number of benzene rings is 1. The molecular formula is C20H19N5O. The highest BCUT2D eigenvalue weighted by Gasteiger charge is 2.15. The molecule has 26 heavy (non-hydrogen) atoms. The van der Waals surface area contributed by atoms with Crippen LogP contribution >= 0.6 is 0 Å². The second kappa shape index (κ2) is 6.84. The van der Waals surface area contributed by atoms with Gasteiger partial charge in [-0.15, -0.1) is 0 Å². The Morgan fingerprint density at radius 3 is 2.19 bits per heavy atom. The molecule has 0 aliphatic heterocycles. The van der Waals surface area contributed by atoms with Crippen molar-refractivity contribution in [3.8, 4) is 22.8 Å². The van der Waals surface area contributed by atoms with Crippen molar-refractivity contribution in [1.29, 1.82) is 0 Å². The molecule has 3 aromatic heterocycles. The molecule has 0 fully saturated rings. The molecule has 1 aromatic carbocycles. The van der Waals surface area contributed by atoms with Gasteiger partial charge in [-0.3, -0.25) is 4.79 Å². The minimum Gasteiger partial charge on any atom is -0.360 e.